The molecule has 2 aromatic carbocycles. The van der Waals surface area contributed by atoms with E-state index in [0.29, 0.717) is 17.2 Å². The van der Waals surface area contributed by atoms with Gasteiger partial charge < -0.3 is 10.6 Å². The van der Waals surface area contributed by atoms with Crippen LogP contribution in [0.5, 0.6) is 0 Å². The first kappa shape index (κ1) is 22.6. The number of nitro benzene ring substituents is 1. The molecule has 0 aliphatic heterocycles. The summed E-state index contributed by atoms with van der Waals surface area (Å²) < 4.78 is 0. The topological polar surface area (TPSA) is 84.3 Å². The van der Waals surface area contributed by atoms with Crippen LogP contribution in [0.3, 0.4) is 0 Å². The molecule has 0 saturated carbocycles. The number of nitro groups is 1. The summed E-state index contributed by atoms with van der Waals surface area (Å²) in [4.78, 5) is 23.1. The van der Waals surface area contributed by atoms with Gasteiger partial charge in [0.15, 0.2) is 0 Å². The van der Waals surface area contributed by atoms with Crippen molar-refractivity contribution in [1.82, 2.24) is 5.32 Å². The Bertz CT molecular complexity index is 868. The summed E-state index contributed by atoms with van der Waals surface area (Å²) in [5.74, 6) is 0.0633. The molecule has 0 fully saturated rings. The van der Waals surface area contributed by atoms with E-state index in [-0.39, 0.29) is 29.6 Å². The largest absolute Gasteiger partial charge is 0.324 e. The fourth-order valence-corrected chi connectivity index (χ4v) is 3.28. The van der Waals surface area contributed by atoms with Crippen LogP contribution in [0.4, 0.5) is 11.4 Å². The van der Waals surface area contributed by atoms with Crippen LogP contribution in [-0.4, -0.2) is 17.4 Å². The molecule has 156 valence electrons. The standard InChI is InChI=1S/C23H31N3O3/c1-15(2)22(17-10-12-18(13-11-17)23(4,5)6)24-14-21(27)25-19-8-7-9-20(16(19)3)26(28)29/h7-13,15,22,24H,14H2,1-6H3,(H,25,27). The van der Waals surface area contributed by atoms with Crippen LogP contribution < -0.4 is 10.6 Å². The van der Waals surface area contributed by atoms with E-state index in [1.54, 1.807) is 19.1 Å². The highest BCUT2D eigenvalue weighted by atomic mass is 16.6. The van der Waals surface area contributed by atoms with E-state index in [1.807, 2.05) is 0 Å². The van der Waals surface area contributed by atoms with Gasteiger partial charge in [-0.25, -0.2) is 0 Å². The van der Waals surface area contributed by atoms with Crippen molar-refractivity contribution in [2.45, 2.75) is 53.0 Å². The van der Waals surface area contributed by atoms with Gasteiger partial charge in [-0.05, 0) is 35.4 Å². The molecule has 6 heteroatoms. The lowest BCUT2D eigenvalue weighted by atomic mass is 9.85. The highest BCUT2D eigenvalue weighted by Gasteiger charge is 2.20. The number of amides is 1. The molecule has 1 amide bonds. The van der Waals surface area contributed by atoms with Crippen molar-refractivity contribution >= 4 is 17.3 Å². The van der Waals surface area contributed by atoms with Gasteiger partial charge in [0.05, 0.1) is 22.7 Å². The minimum absolute atomic E-state index is 0.00486. The molecule has 0 radical (unpaired) electrons. The maximum Gasteiger partial charge on any atom is 0.274 e. The minimum atomic E-state index is -0.445. The third kappa shape index (κ3) is 5.87. The van der Waals surface area contributed by atoms with E-state index in [4.69, 9.17) is 0 Å². The van der Waals surface area contributed by atoms with E-state index in [0.717, 1.165) is 5.56 Å². The van der Waals surface area contributed by atoms with E-state index >= 15 is 0 Å². The summed E-state index contributed by atoms with van der Waals surface area (Å²) >= 11 is 0. The number of carbonyl (C=O) groups excluding carboxylic acids is 1. The zero-order valence-electron chi connectivity index (χ0n) is 18.1. The van der Waals surface area contributed by atoms with Crippen LogP contribution in [0.15, 0.2) is 42.5 Å². The quantitative estimate of drug-likeness (QED) is 0.501. The number of benzene rings is 2. The molecule has 0 aliphatic rings. The fourth-order valence-electron chi connectivity index (χ4n) is 3.28. The molecule has 2 aromatic rings. The second kappa shape index (κ2) is 9.18. The van der Waals surface area contributed by atoms with Crippen molar-refractivity contribution in [3.05, 3.63) is 69.3 Å². The summed E-state index contributed by atoms with van der Waals surface area (Å²) in [6, 6.07) is 13.2. The van der Waals surface area contributed by atoms with Crippen LogP contribution >= 0.6 is 0 Å². The van der Waals surface area contributed by atoms with Crippen LogP contribution in [0.2, 0.25) is 0 Å². The van der Waals surface area contributed by atoms with Gasteiger partial charge in [-0.15, -0.1) is 0 Å². The second-order valence-electron chi connectivity index (χ2n) is 8.73. The summed E-state index contributed by atoms with van der Waals surface area (Å²) in [6.45, 7) is 12.5. The number of nitrogens with zero attached hydrogens (tertiary/aromatic N) is 1. The first-order valence-corrected chi connectivity index (χ1v) is 9.88. The van der Waals surface area contributed by atoms with Crippen molar-refractivity contribution in [1.29, 1.82) is 0 Å². The molecule has 1 unspecified atom stereocenters. The molecule has 0 aromatic heterocycles. The molecule has 0 aliphatic carbocycles. The van der Waals surface area contributed by atoms with E-state index in [9.17, 15) is 14.9 Å². The average molecular weight is 398 g/mol. The Morgan fingerprint density at radius 3 is 2.24 bits per heavy atom. The fraction of sp³-hybridized carbons (Fsp3) is 0.435. The van der Waals surface area contributed by atoms with E-state index in [2.05, 4.69) is 69.5 Å². The molecule has 2 N–H and O–H groups in total. The Morgan fingerprint density at radius 1 is 1.10 bits per heavy atom. The molecule has 0 heterocycles. The molecule has 1 atom stereocenters. The lowest BCUT2D eigenvalue weighted by Crippen LogP contribution is -2.33. The number of hydrogen-bond acceptors (Lipinski definition) is 4. The van der Waals surface area contributed by atoms with Crippen LogP contribution in [0.25, 0.3) is 0 Å². The third-order valence-corrected chi connectivity index (χ3v) is 5.06. The first-order chi connectivity index (χ1) is 13.5. The van der Waals surface area contributed by atoms with Crippen molar-refractivity contribution in [2.24, 2.45) is 5.92 Å². The molecule has 2 rings (SSSR count). The predicted molar refractivity (Wildman–Crippen MR) is 117 cm³/mol. The summed E-state index contributed by atoms with van der Waals surface area (Å²) in [6.07, 6.45) is 0. The molecule has 6 nitrogen and oxygen atoms in total. The van der Waals surface area contributed by atoms with Gasteiger partial charge in [-0.2, -0.15) is 0 Å². The number of nitrogens with one attached hydrogen (secondary N) is 2. The molecular formula is C23H31N3O3. The Morgan fingerprint density at radius 2 is 1.72 bits per heavy atom. The van der Waals surface area contributed by atoms with E-state index < -0.39 is 4.92 Å². The Kier molecular flexibility index (Phi) is 7.14. The predicted octanol–water partition coefficient (Wildman–Crippen LogP) is 5.13. The highest BCUT2D eigenvalue weighted by molar-refractivity contribution is 5.93. The maximum atomic E-state index is 12.4. The summed E-state index contributed by atoms with van der Waals surface area (Å²) in [7, 11) is 0. The Hall–Kier alpha value is -2.73. The van der Waals surface area contributed by atoms with Gasteiger partial charge in [0.2, 0.25) is 5.91 Å². The first-order valence-electron chi connectivity index (χ1n) is 9.88. The highest BCUT2D eigenvalue weighted by Crippen LogP contribution is 2.27. The number of rotatable bonds is 7. The molecule has 0 spiro atoms. The zero-order chi connectivity index (χ0) is 21.8. The molecule has 0 bridgehead atoms. The number of anilines is 1. The third-order valence-electron chi connectivity index (χ3n) is 5.06. The van der Waals surface area contributed by atoms with Crippen molar-refractivity contribution < 1.29 is 9.72 Å². The van der Waals surface area contributed by atoms with Gasteiger partial charge in [-0.1, -0.05) is 65.0 Å². The lowest BCUT2D eigenvalue weighted by molar-refractivity contribution is -0.385. The molecule has 29 heavy (non-hydrogen) atoms. The number of carbonyl (C=O) groups is 1. The monoisotopic (exact) mass is 397 g/mol. The van der Waals surface area contributed by atoms with Crippen LogP contribution in [0.1, 0.15) is 57.4 Å². The molecule has 0 saturated heterocycles. The van der Waals surface area contributed by atoms with Gasteiger partial charge in [0, 0.05) is 12.1 Å². The van der Waals surface area contributed by atoms with Crippen LogP contribution in [-0.2, 0) is 10.2 Å². The van der Waals surface area contributed by atoms with Crippen molar-refractivity contribution in [3.8, 4) is 0 Å². The normalized spacial score (nSPS) is 12.7. The molecular weight excluding hydrogens is 366 g/mol. The van der Waals surface area contributed by atoms with Gasteiger partial charge in [0.25, 0.3) is 5.69 Å². The minimum Gasteiger partial charge on any atom is -0.324 e. The second-order valence-corrected chi connectivity index (χ2v) is 8.73. The average Bonchev–Trinajstić information content (AvgIpc) is 2.62. The zero-order valence-corrected chi connectivity index (χ0v) is 18.1. The summed E-state index contributed by atoms with van der Waals surface area (Å²) in [5.41, 5.74) is 3.39. The van der Waals surface area contributed by atoms with Gasteiger partial charge in [-0.3, -0.25) is 14.9 Å². The smallest absolute Gasteiger partial charge is 0.274 e. The van der Waals surface area contributed by atoms with Crippen molar-refractivity contribution in [2.75, 3.05) is 11.9 Å². The van der Waals surface area contributed by atoms with Gasteiger partial charge in [0.1, 0.15) is 0 Å². The van der Waals surface area contributed by atoms with Crippen molar-refractivity contribution in [3.63, 3.8) is 0 Å². The lowest BCUT2D eigenvalue weighted by Gasteiger charge is -2.25. The number of hydrogen-bond donors (Lipinski definition) is 2. The van der Waals surface area contributed by atoms with E-state index in [1.165, 1.54) is 11.6 Å². The SMILES string of the molecule is Cc1c(NC(=O)CNC(c2ccc(C(C)(C)C)cc2)C(C)C)cccc1[N+](=O)[O-]. The van der Waals surface area contributed by atoms with Crippen LogP contribution in [0, 0.1) is 23.0 Å². The Labute approximate surface area is 172 Å². The van der Waals surface area contributed by atoms with Gasteiger partial charge >= 0.3 is 0 Å². The maximum absolute atomic E-state index is 12.4. The Balaban J connectivity index is 2.07. The summed E-state index contributed by atoms with van der Waals surface area (Å²) in [5, 5.41) is 17.2.